The summed E-state index contributed by atoms with van der Waals surface area (Å²) in [7, 11) is 0. The Morgan fingerprint density at radius 1 is 1.43 bits per heavy atom. The number of aliphatic carboxylic acids is 1. The van der Waals surface area contributed by atoms with Gasteiger partial charge in [0.1, 0.15) is 11.5 Å². The SMILES string of the molecule is O=C(O)[C@H](c1ccccc1Cl)N1CCC2SC(O)C=C2C1. The minimum atomic E-state index is -0.895. The van der Waals surface area contributed by atoms with E-state index >= 15 is 0 Å². The van der Waals surface area contributed by atoms with Gasteiger partial charge in [-0.05, 0) is 29.7 Å². The van der Waals surface area contributed by atoms with Gasteiger partial charge in [-0.15, -0.1) is 11.8 Å². The van der Waals surface area contributed by atoms with Crippen molar-refractivity contribution in [3.05, 3.63) is 46.5 Å². The van der Waals surface area contributed by atoms with Crippen molar-refractivity contribution in [3.63, 3.8) is 0 Å². The number of aliphatic hydroxyl groups is 1. The molecule has 0 amide bonds. The molecule has 3 rings (SSSR count). The summed E-state index contributed by atoms with van der Waals surface area (Å²) in [6, 6.07) is 6.33. The number of hydrogen-bond acceptors (Lipinski definition) is 4. The Bertz CT molecular complexity index is 592. The summed E-state index contributed by atoms with van der Waals surface area (Å²) in [6.45, 7) is 1.25. The van der Waals surface area contributed by atoms with Crippen LogP contribution in [0.15, 0.2) is 35.9 Å². The van der Waals surface area contributed by atoms with E-state index in [4.69, 9.17) is 11.6 Å². The number of piperidine rings is 1. The predicted octanol–water partition coefficient (Wildman–Crippen LogP) is 2.53. The second-order valence-corrected chi connectivity index (χ2v) is 7.01. The molecule has 21 heavy (non-hydrogen) atoms. The summed E-state index contributed by atoms with van der Waals surface area (Å²) < 4.78 is 0. The zero-order chi connectivity index (χ0) is 15.0. The Labute approximate surface area is 132 Å². The van der Waals surface area contributed by atoms with E-state index < -0.39 is 17.4 Å². The van der Waals surface area contributed by atoms with Crippen LogP contribution in [0.4, 0.5) is 0 Å². The Kier molecular flexibility index (Phi) is 4.26. The molecular formula is C15H16ClNO3S. The van der Waals surface area contributed by atoms with E-state index in [1.165, 1.54) is 11.8 Å². The summed E-state index contributed by atoms with van der Waals surface area (Å²) >= 11 is 7.70. The van der Waals surface area contributed by atoms with Crippen LogP contribution >= 0.6 is 23.4 Å². The number of halogens is 1. The van der Waals surface area contributed by atoms with Gasteiger partial charge < -0.3 is 10.2 Å². The highest BCUT2D eigenvalue weighted by atomic mass is 35.5. The van der Waals surface area contributed by atoms with Crippen molar-refractivity contribution >= 4 is 29.3 Å². The quantitative estimate of drug-likeness (QED) is 0.836. The Hall–Kier alpha value is -1.01. The van der Waals surface area contributed by atoms with Crippen LogP contribution in [-0.2, 0) is 4.79 Å². The van der Waals surface area contributed by atoms with Crippen molar-refractivity contribution in [1.82, 2.24) is 4.90 Å². The first kappa shape index (κ1) is 14.9. The molecule has 0 spiro atoms. The fraction of sp³-hybridized carbons (Fsp3) is 0.400. The molecule has 6 heteroatoms. The molecular weight excluding hydrogens is 310 g/mol. The minimum Gasteiger partial charge on any atom is -0.480 e. The van der Waals surface area contributed by atoms with E-state index in [2.05, 4.69) is 0 Å². The highest BCUT2D eigenvalue weighted by Crippen LogP contribution is 2.40. The number of carboxylic acid groups (broad SMARTS) is 1. The minimum absolute atomic E-state index is 0.317. The van der Waals surface area contributed by atoms with Crippen molar-refractivity contribution in [2.75, 3.05) is 13.1 Å². The number of benzene rings is 1. The molecule has 2 unspecified atom stereocenters. The van der Waals surface area contributed by atoms with Gasteiger partial charge in [-0.25, -0.2) is 0 Å². The van der Waals surface area contributed by atoms with Crippen molar-refractivity contribution < 1.29 is 15.0 Å². The summed E-state index contributed by atoms with van der Waals surface area (Å²) in [5.74, 6) is -0.895. The smallest absolute Gasteiger partial charge is 0.325 e. The fourth-order valence-electron chi connectivity index (χ4n) is 2.99. The monoisotopic (exact) mass is 325 g/mol. The van der Waals surface area contributed by atoms with Crippen LogP contribution in [0, 0.1) is 0 Å². The van der Waals surface area contributed by atoms with Gasteiger partial charge in [0.25, 0.3) is 0 Å². The van der Waals surface area contributed by atoms with Crippen LogP contribution in [0.25, 0.3) is 0 Å². The first-order chi connectivity index (χ1) is 10.1. The predicted molar refractivity (Wildman–Crippen MR) is 83.5 cm³/mol. The lowest BCUT2D eigenvalue weighted by Gasteiger charge is -2.35. The number of thioether (sulfide) groups is 1. The van der Waals surface area contributed by atoms with Crippen LogP contribution < -0.4 is 0 Å². The Balaban J connectivity index is 1.87. The number of likely N-dealkylation sites (tertiary alicyclic amines) is 1. The van der Waals surface area contributed by atoms with E-state index in [1.54, 1.807) is 24.3 Å². The van der Waals surface area contributed by atoms with Gasteiger partial charge in [-0.2, -0.15) is 0 Å². The molecule has 0 bridgehead atoms. The number of aliphatic hydroxyl groups excluding tert-OH is 1. The van der Waals surface area contributed by atoms with Crippen molar-refractivity contribution in [2.45, 2.75) is 23.1 Å². The summed E-state index contributed by atoms with van der Waals surface area (Å²) in [5, 5.41) is 20.1. The van der Waals surface area contributed by atoms with E-state index in [-0.39, 0.29) is 0 Å². The third-order valence-corrected chi connectivity index (χ3v) is 5.56. The first-order valence-electron chi connectivity index (χ1n) is 6.81. The van der Waals surface area contributed by atoms with Crippen molar-refractivity contribution in [2.24, 2.45) is 0 Å². The normalized spacial score (nSPS) is 27.0. The average molecular weight is 326 g/mol. The number of carbonyl (C=O) groups is 1. The number of nitrogens with zero attached hydrogens (tertiary/aromatic N) is 1. The molecule has 1 aromatic carbocycles. The summed E-state index contributed by atoms with van der Waals surface area (Å²) in [6.07, 6.45) is 2.69. The molecule has 4 nitrogen and oxygen atoms in total. The van der Waals surface area contributed by atoms with Crippen molar-refractivity contribution in [1.29, 1.82) is 0 Å². The third kappa shape index (κ3) is 2.97. The number of fused-ring (bicyclic) bond motifs is 1. The number of rotatable bonds is 3. The molecule has 1 saturated heterocycles. The van der Waals surface area contributed by atoms with Gasteiger partial charge in [0, 0.05) is 23.4 Å². The maximum atomic E-state index is 11.7. The molecule has 3 atom stereocenters. The van der Waals surface area contributed by atoms with Crippen LogP contribution in [0.3, 0.4) is 0 Å². The number of hydrogen-bond donors (Lipinski definition) is 2. The average Bonchev–Trinajstić information content (AvgIpc) is 2.80. The fourth-order valence-corrected chi connectivity index (χ4v) is 4.39. The maximum absolute atomic E-state index is 11.7. The largest absolute Gasteiger partial charge is 0.480 e. The lowest BCUT2D eigenvalue weighted by atomic mass is 9.98. The maximum Gasteiger partial charge on any atom is 0.325 e. The first-order valence-corrected chi connectivity index (χ1v) is 8.13. The molecule has 2 aliphatic rings. The lowest BCUT2D eigenvalue weighted by Crippen LogP contribution is -2.41. The second-order valence-electron chi connectivity index (χ2n) is 5.28. The summed E-state index contributed by atoms with van der Waals surface area (Å²) in [5.41, 5.74) is 1.28. The molecule has 0 aliphatic carbocycles. The van der Waals surface area contributed by atoms with Crippen molar-refractivity contribution in [3.8, 4) is 0 Å². The van der Waals surface area contributed by atoms with Crippen LogP contribution in [-0.4, -0.2) is 44.9 Å². The molecule has 112 valence electrons. The summed E-state index contributed by atoms with van der Waals surface area (Å²) in [4.78, 5) is 13.7. The van der Waals surface area contributed by atoms with E-state index in [0.29, 0.717) is 28.9 Å². The van der Waals surface area contributed by atoms with Gasteiger partial charge in [0.2, 0.25) is 0 Å². The zero-order valence-electron chi connectivity index (χ0n) is 11.3. The zero-order valence-corrected chi connectivity index (χ0v) is 12.8. The van der Waals surface area contributed by atoms with Gasteiger partial charge in [-0.1, -0.05) is 29.8 Å². The van der Waals surface area contributed by atoms with Gasteiger partial charge in [0.15, 0.2) is 0 Å². The molecule has 2 heterocycles. The number of carboxylic acids is 1. The molecule has 1 fully saturated rings. The van der Waals surface area contributed by atoms with Crippen LogP contribution in [0.2, 0.25) is 5.02 Å². The van der Waals surface area contributed by atoms with Gasteiger partial charge >= 0.3 is 5.97 Å². The third-order valence-electron chi connectivity index (χ3n) is 3.94. The molecule has 0 aromatic heterocycles. The van der Waals surface area contributed by atoms with E-state index in [1.807, 2.05) is 11.0 Å². The molecule has 0 saturated carbocycles. The van der Waals surface area contributed by atoms with Crippen LogP contribution in [0.1, 0.15) is 18.0 Å². The molecule has 2 aliphatic heterocycles. The standard InChI is InChI=1S/C15H16ClNO3S/c16-11-4-2-1-3-10(11)14(15(19)20)17-6-5-12-9(8-17)7-13(18)21-12/h1-4,7,12-14,18H,5-6,8H2,(H,19,20)/t12?,13?,14-/m0/s1. The molecule has 1 aromatic rings. The molecule has 2 N–H and O–H groups in total. The second kappa shape index (κ2) is 6.01. The molecule has 0 radical (unpaired) electrons. The lowest BCUT2D eigenvalue weighted by molar-refractivity contribution is -0.143. The Morgan fingerprint density at radius 2 is 2.19 bits per heavy atom. The highest BCUT2D eigenvalue weighted by Gasteiger charge is 2.37. The highest BCUT2D eigenvalue weighted by molar-refractivity contribution is 8.01. The van der Waals surface area contributed by atoms with Crippen LogP contribution in [0.5, 0.6) is 0 Å². The van der Waals surface area contributed by atoms with Gasteiger partial charge in [-0.3, -0.25) is 9.69 Å². The van der Waals surface area contributed by atoms with Gasteiger partial charge in [0.05, 0.1) is 0 Å². The Morgan fingerprint density at radius 3 is 2.90 bits per heavy atom. The van der Waals surface area contributed by atoms with E-state index in [0.717, 1.165) is 12.0 Å². The topological polar surface area (TPSA) is 60.8 Å². The van der Waals surface area contributed by atoms with E-state index in [9.17, 15) is 15.0 Å².